The Morgan fingerprint density at radius 1 is 1.09 bits per heavy atom. The van der Waals surface area contributed by atoms with E-state index in [9.17, 15) is 24.0 Å². The molecule has 2 heterocycles. The highest BCUT2D eigenvalue weighted by Gasteiger charge is 2.56. The highest BCUT2D eigenvalue weighted by Crippen LogP contribution is 2.44. The molecule has 1 aromatic carbocycles. The Hall–Kier alpha value is -3.27. The molecule has 47 heavy (non-hydrogen) atoms. The highest BCUT2D eigenvalue weighted by molar-refractivity contribution is 6.39. The molecule has 6 atom stereocenters. The molecule has 5 rings (SSSR count). The van der Waals surface area contributed by atoms with E-state index in [1.807, 2.05) is 32.9 Å². The van der Waals surface area contributed by atoms with Crippen LogP contribution in [0, 0.1) is 29.1 Å². The maximum Gasteiger partial charge on any atom is 0.246 e. The van der Waals surface area contributed by atoms with Gasteiger partial charge in [0.15, 0.2) is 11.4 Å². The molecule has 256 valence electrons. The third-order valence-corrected chi connectivity index (χ3v) is 10.1. The molecule has 0 aromatic heterocycles. The average molecular weight is 669 g/mol. The van der Waals surface area contributed by atoms with Crippen molar-refractivity contribution < 1.29 is 28.8 Å². The monoisotopic (exact) mass is 668 g/mol. The van der Waals surface area contributed by atoms with Crippen LogP contribution in [0.25, 0.3) is 0 Å². The Bertz CT molecular complexity index is 1450. The fraction of sp³-hybridized carbons (Fsp3) is 0.667. The number of nitrogens with zero attached hydrogens (tertiary/aromatic N) is 2. The second-order valence-corrected chi connectivity index (χ2v) is 16.0. The van der Waals surface area contributed by atoms with Gasteiger partial charge in [0.1, 0.15) is 12.1 Å². The van der Waals surface area contributed by atoms with Gasteiger partial charge in [-0.3, -0.25) is 24.0 Å². The summed E-state index contributed by atoms with van der Waals surface area (Å²) in [5.74, 6) is -1.26. The smallest absolute Gasteiger partial charge is 0.246 e. The summed E-state index contributed by atoms with van der Waals surface area (Å²) in [5.41, 5.74) is -0.214. The second-order valence-electron chi connectivity index (χ2n) is 15.6. The van der Waals surface area contributed by atoms with Gasteiger partial charge in [-0.15, -0.1) is 0 Å². The minimum atomic E-state index is -1.00. The molecule has 3 amide bonds. The van der Waals surface area contributed by atoms with E-state index in [0.29, 0.717) is 35.4 Å². The molecule has 4 aliphatic rings. The van der Waals surface area contributed by atoms with Crippen molar-refractivity contribution in [3.05, 3.63) is 34.9 Å². The van der Waals surface area contributed by atoms with E-state index in [4.69, 9.17) is 16.4 Å². The number of halogens is 1. The molecule has 2 N–H and O–H groups in total. The third-order valence-electron chi connectivity index (χ3n) is 9.91. The number of carbonyl (C=O) groups excluding carboxylic acids is 5. The number of benzene rings is 1. The third kappa shape index (κ3) is 8.24. The van der Waals surface area contributed by atoms with Gasteiger partial charge in [0.25, 0.3) is 0 Å². The van der Waals surface area contributed by atoms with Gasteiger partial charge in [-0.2, -0.15) is 0 Å². The van der Waals surface area contributed by atoms with Crippen LogP contribution in [-0.2, 0) is 28.8 Å². The Labute approximate surface area is 282 Å². The number of amides is 3. The molecular formula is C36H49ClN4O6. The van der Waals surface area contributed by atoms with Crippen LogP contribution >= 0.6 is 11.6 Å². The average Bonchev–Trinajstić information content (AvgIpc) is 3.91. The molecule has 0 bridgehead atoms. The minimum absolute atomic E-state index is 0.0520. The summed E-state index contributed by atoms with van der Waals surface area (Å²) >= 11 is 6.24. The van der Waals surface area contributed by atoms with Crippen molar-refractivity contribution in [2.24, 2.45) is 34.2 Å². The van der Waals surface area contributed by atoms with Gasteiger partial charge in [-0.05, 0) is 54.6 Å². The van der Waals surface area contributed by atoms with Crippen LogP contribution in [0.5, 0.6) is 0 Å². The summed E-state index contributed by atoms with van der Waals surface area (Å²) in [4.78, 5) is 75.1. The van der Waals surface area contributed by atoms with E-state index in [2.05, 4.69) is 29.6 Å². The van der Waals surface area contributed by atoms with Crippen molar-refractivity contribution in [1.82, 2.24) is 15.5 Å². The quantitative estimate of drug-likeness (QED) is 0.289. The standard InChI is InChI=1S/C36H49ClN4O6/c1-7-29(42)30(43)26(14-21-11-12-21)38-33(45)28-18-36(17-27(40-47-36)22-9-8-10-24(37)15-22)19-41(28)34(46)31(35(4,5)6)39-32(44)25-16-23(25)13-20(2)3/h8-10,15,20-21,23,25-26,28,31H,7,11-14,16-19H2,1-6H3,(H,38,45)(H,39,44)/t23-,25?,26-,28-,31+,36+/m0/s1. The van der Waals surface area contributed by atoms with Crippen LogP contribution in [0.3, 0.4) is 0 Å². The minimum Gasteiger partial charge on any atom is -0.387 e. The van der Waals surface area contributed by atoms with Crippen LogP contribution in [0.15, 0.2) is 29.4 Å². The number of likely N-dealkylation sites (tertiary alicyclic amines) is 1. The number of hydrogen-bond donors (Lipinski definition) is 2. The van der Waals surface area contributed by atoms with E-state index in [1.165, 1.54) is 4.90 Å². The molecule has 1 spiro atoms. The summed E-state index contributed by atoms with van der Waals surface area (Å²) in [6.07, 6.45) is 4.56. The summed E-state index contributed by atoms with van der Waals surface area (Å²) in [6.45, 7) is 11.6. The van der Waals surface area contributed by atoms with E-state index < -0.39 is 52.5 Å². The zero-order chi connectivity index (χ0) is 34.3. The summed E-state index contributed by atoms with van der Waals surface area (Å²) < 4.78 is 0. The largest absolute Gasteiger partial charge is 0.387 e. The molecule has 1 unspecified atom stereocenters. The SMILES string of the molecule is CCC(=O)C(=O)[C@H](CC1CC1)NC(=O)[C@@H]1C[C@]2(CC(c3cccc(Cl)c3)=NO2)CN1C(=O)[C@@H](NC(=O)C1C[C@@H]1CC(C)C)C(C)(C)C. The second kappa shape index (κ2) is 13.7. The van der Waals surface area contributed by atoms with Gasteiger partial charge in [0, 0.05) is 35.8 Å². The number of carbonyl (C=O) groups is 5. The number of nitrogens with one attached hydrogen (secondary N) is 2. The normalized spacial score (nSPS) is 26.4. The van der Waals surface area contributed by atoms with Crippen molar-refractivity contribution in [1.29, 1.82) is 0 Å². The summed E-state index contributed by atoms with van der Waals surface area (Å²) in [6, 6.07) is 4.40. The van der Waals surface area contributed by atoms with Crippen LogP contribution in [-0.4, -0.2) is 70.2 Å². The molecule has 11 heteroatoms. The van der Waals surface area contributed by atoms with Crippen molar-refractivity contribution in [2.45, 2.75) is 117 Å². The first-order valence-electron chi connectivity index (χ1n) is 17.1. The Kier molecular flexibility index (Phi) is 10.2. The van der Waals surface area contributed by atoms with E-state index in [-0.39, 0.29) is 37.1 Å². The van der Waals surface area contributed by atoms with Crippen LogP contribution in [0.1, 0.15) is 98.5 Å². The van der Waals surface area contributed by atoms with Crippen molar-refractivity contribution in [2.75, 3.05) is 6.54 Å². The number of oxime groups is 1. The van der Waals surface area contributed by atoms with Gasteiger partial charge in [0.05, 0.1) is 18.3 Å². The maximum atomic E-state index is 14.5. The predicted molar refractivity (Wildman–Crippen MR) is 179 cm³/mol. The summed E-state index contributed by atoms with van der Waals surface area (Å²) in [5, 5.41) is 10.8. The number of Topliss-reactive ketones (excluding diaryl/α,β-unsaturated/α-hetero) is 2. The number of hydrogen-bond acceptors (Lipinski definition) is 7. The van der Waals surface area contributed by atoms with Gasteiger partial charge < -0.3 is 20.4 Å². The zero-order valence-electron chi connectivity index (χ0n) is 28.4. The molecule has 2 saturated carbocycles. The lowest BCUT2D eigenvalue weighted by Crippen LogP contribution is -2.59. The first kappa shape index (κ1) is 35.0. The maximum absolute atomic E-state index is 14.5. The van der Waals surface area contributed by atoms with Gasteiger partial charge in [-0.25, -0.2) is 0 Å². The molecule has 10 nitrogen and oxygen atoms in total. The van der Waals surface area contributed by atoms with Crippen molar-refractivity contribution in [3.8, 4) is 0 Å². The van der Waals surface area contributed by atoms with E-state index in [1.54, 1.807) is 19.1 Å². The lowest BCUT2D eigenvalue weighted by molar-refractivity contribution is -0.145. The number of ketones is 2. The fourth-order valence-electron chi connectivity index (χ4n) is 7.01. The van der Waals surface area contributed by atoms with Crippen LogP contribution < -0.4 is 10.6 Å². The van der Waals surface area contributed by atoms with E-state index >= 15 is 0 Å². The van der Waals surface area contributed by atoms with Crippen molar-refractivity contribution in [3.63, 3.8) is 0 Å². The predicted octanol–water partition coefficient (Wildman–Crippen LogP) is 4.85. The molecule has 1 aromatic rings. The molecule has 0 radical (unpaired) electrons. The van der Waals surface area contributed by atoms with Crippen LogP contribution in [0.2, 0.25) is 5.02 Å². The molecule has 1 saturated heterocycles. The Balaban J connectivity index is 1.40. The lowest BCUT2D eigenvalue weighted by atomic mass is 9.85. The van der Waals surface area contributed by atoms with E-state index in [0.717, 1.165) is 31.2 Å². The highest BCUT2D eigenvalue weighted by atomic mass is 35.5. The fourth-order valence-corrected chi connectivity index (χ4v) is 7.20. The number of rotatable bonds is 13. The molecular weight excluding hydrogens is 620 g/mol. The van der Waals surface area contributed by atoms with Gasteiger partial charge in [0.2, 0.25) is 23.5 Å². The Morgan fingerprint density at radius 2 is 1.81 bits per heavy atom. The zero-order valence-corrected chi connectivity index (χ0v) is 29.2. The first-order chi connectivity index (χ1) is 22.1. The van der Waals surface area contributed by atoms with Gasteiger partial charge >= 0.3 is 0 Å². The lowest BCUT2D eigenvalue weighted by Gasteiger charge is -2.35. The first-order valence-corrected chi connectivity index (χ1v) is 17.5. The van der Waals surface area contributed by atoms with Crippen LogP contribution in [0.4, 0.5) is 0 Å². The van der Waals surface area contributed by atoms with Crippen molar-refractivity contribution >= 4 is 46.6 Å². The topological polar surface area (TPSA) is 134 Å². The van der Waals surface area contributed by atoms with Gasteiger partial charge in [-0.1, -0.05) is 83.3 Å². The molecule has 3 fully saturated rings. The Morgan fingerprint density at radius 3 is 2.43 bits per heavy atom. The summed E-state index contributed by atoms with van der Waals surface area (Å²) in [7, 11) is 0. The molecule has 2 aliphatic heterocycles. The molecule has 2 aliphatic carbocycles.